The van der Waals surface area contributed by atoms with Crippen LogP contribution in [-0.2, 0) is 14.3 Å². The van der Waals surface area contributed by atoms with Crippen molar-refractivity contribution in [3.63, 3.8) is 0 Å². The molecule has 1 aliphatic carbocycles. The van der Waals surface area contributed by atoms with Gasteiger partial charge in [-0.3, -0.25) is 9.59 Å². The van der Waals surface area contributed by atoms with E-state index in [1.54, 1.807) is 6.92 Å². The number of hydrogen-bond donors (Lipinski definition) is 2. The number of ether oxygens (including phenoxy) is 1. The first-order valence-corrected chi connectivity index (χ1v) is 11.7. The largest absolute Gasteiger partial charge is 0.481 e. The maximum absolute atomic E-state index is 14.0. The van der Waals surface area contributed by atoms with Crippen LogP contribution in [0.15, 0.2) is 48.5 Å². The van der Waals surface area contributed by atoms with Crippen LogP contribution in [0, 0.1) is 0 Å². The van der Waals surface area contributed by atoms with Gasteiger partial charge in [-0.15, -0.1) is 0 Å². The number of hydrogen-bond acceptors (Lipinski definition) is 4. The topological polar surface area (TPSA) is 95.9 Å². The number of carbonyl (C=O) groups is 3. The molecule has 2 aromatic rings. The molecule has 7 nitrogen and oxygen atoms in total. The van der Waals surface area contributed by atoms with Crippen LogP contribution in [0.4, 0.5) is 13.6 Å². The van der Waals surface area contributed by atoms with Crippen molar-refractivity contribution < 1.29 is 33.0 Å². The summed E-state index contributed by atoms with van der Waals surface area (Å²) in [7, 11) is 0. The van der Waals surface area contributed by atoms with Gasteiger partial charge in [-0.1, -0.05) is 48.5 Å². The van der Waals surface area contributed by atoms with E-state index in [0.717, 1.165) is 27.2 Å². The summed E-state index contributed by atoms with van der Waals surface area (Å²) in [5, 5.41) is 11.5. The molecule has 35 heavy (non-hydrogen) atoms. The van der Waals surface area contributed by atoms with Crippen molar-refractivity contribution in [1.29, 1.82) is 0 Å². The molecule has 1 aliphatic heterocycles. The summed E-state index contributed by atoms with van der Waals surface area (Å²) in [5.41, 5.74) is 4.16. The number of nitrogens with one attached hydrogen (secondary N) is 1. The normalized spacial score (nSPS) is 19.4. The predicted octanol–water partition coefficient (Wildman–Crippen LogP) is 4.40. The molecule has 4 rings (SSSR count). The van der Waals surface area contributed by atoms with E-state index in [1.807, 2.05) is 48.5 Å². The number of alkyl halides is 2. The standard InChI is InChI=1S/C26H28F2N2O5/c1-16-12-13-26(27,28)15-30(16)24(33)22(10-11-23(31)32)29-25(34)35-14-21-19-8-4-2-6-17(19)18-7-3-5-9-20(18)21/h2-9,16,21-22H,10-15H2,1H3,(H,29,34)(H,31,32). The summed E-state index contributed by atoms with van der Waals surface area (Å²) >= 11 is 0. The van der Waals surface area contributed by atoms with Crippen LogP contribution in [-0.4, -0.2) is 59.1 Å². The highest BCUT2D eigenvalue weighted by Gasteiger charge is 2.42. The summed E-state index contributed by atoms with van der Waals surface area (Å²) in [6, 6.07) is 13.9. The minimum atomic E-state index is -3.02. The molecule has 0 spiro atoms. The molecular weight excluding hydrogens is 458 g/mol. The first kappa shape index (κ1) is 24.6. The van der Waals surface area contributed by atoms with E-state index in [1.165, 1.54) is 0 Å². The Hall–Kier alpha value is -3.49. The number of carboxylic acids is 1. The Labute approximate surface area is 202 Å². The Balaban J connectivity index is 1.45. The van der Waals surface area contributed by atoms with Crippen LogP contribution in [0.2, 0.25) is 0 Å². The summed E-state index contributed by atoms with van der Waals surface area (Å²) < 4.78 is 33.4. The van der Waals surface area contributed by atoms with Crippen LogP contribution < -0.4 is 5.32 Å². The van der Waals surface area contributed by atoms with Gasteiger partial charge in [0, 0.05) is 24.8 Å². The molecule has 0 radical (unpaired) electrons. The smallest absolute Gasteiger partial charge is 0.407 e. The molecular formula is C26H28F2N2O5. The Morgan fingerprint density at radius 3 is 2.31 bits per heavy atom. The molecule has 2 aromatic carbocycles. The molecule has 2 unspecified atom stereocenters. The predicted molar refractivity (Wildman–Crippen MR) is 124 cm³/mol. The Bertz CT molecular complexity index is 1080. The highest BCUT2D eigenvalue weighted by atomic mass is 19.3. The van der Waals surface area contributed by atoms with Gasteiger partial charge < -0.3 is 20.1 Å². The number of fused-ring (bicyclic) bond motifs is 3. The SMILES string of the molecule is CC1CCC(F)(F)CN1C(=O)C(CCC(=O)O)NC(=O)OCC1c2ccccc2-c2ccccc21. The van der Waals surface area contributed by atoms with Crippen LogP contribution in [0.25, 0.3) is 11.1 Å². The van der Waals surface area contributed by atoms with E-state index in [2.05, 4.69) is 5.32 Å². The minimum absolute atomic E-state index is 0.0118. The first-order valence-electron chi connectivity index (χ1n) is 11.7. The number of carboxylic acid groups (broad SMARTS) is 1. The second kappa shape index (κ2) is 10.0. The van der Waals surface area contributed by atoms with Crippen molar-refractivity contribution in [2.24, 2.45) is 0 Å². The van der Waals surface area contributed by atoms with Crippen molar-refractivity contribution in [2.75, 3.05) is 13.2 Å². The van der Waals surface area contributed by atoms with Crippen molar-refractivity contribution in [3.8, 4) is 11.1 Å². The van der Waals surface area contributed by atoms with Gasteiger partial charge in [0.15, 0.2) is 0 Å². The molecule has 1 saturated heterocycles. The van der Waals surface area contributed by atoms with Gasteiger partial charge in [0.1, 0.15) is 12.6 Å². The van der Waals surface area contributed by atoms with Crippen molar-refractivity contribution in [1.82, 2.24) is 10.2 Å². The zero-order valence-corrected chi connectivity index (χ0v) is 19.4. The van der Waals surface area contributed by atoms with E-state index >= 15 is 0 Å². The molecule has 2 atom stereocenters. The lowest BCUT2D eigenvalue weighted by molar-refractivity contribution is -0.149. The number of aliphatic carboxylic acids is 1. The Morgan fingerprint density at radius 1 is 1.11 bits per heavy atom. The van der Waals surface area contributed by atoms with Gasteiger partial charge in [0.25, 0.3) is 5.92 Å². The van der Waals surface area contributed by atoms with E-state index in [0.29, 0.717) is 0 Å². The molecule has 2 aliphatic rings. The van der Waals surface area contributed by atoms with Crippen molar-refractivity contribution in [2.45, 2.75) is 56.5 Å². The fourth-order valence-corrected chi connectivity index (χ4v) is 4.86. The molecule has 0 bridgehead atoms. The van der Waals surface area contributed by atoms with Gasteiger partial charge in [0.05, 0.1) is 6.54 Å². The van der Waals surface area contributed by atoms with E-state index in [4.69, 9.17) is 9.84 Å². The van der Waals surface area contributed by atoms with Crippen molar-refractivity contribution in [3.05, 3.63) is 59.7 Å². The fourth-order valence-electron chi connectivity index (χ4n) is 4.86. The molecule has 0 aromatic heterocycles. The lowest BCUT2D eigenvalue weighted by atomic mass is 9.98. The number of benzene rings is 2. The number of nitrogens with zero attached hydrogens (tertiary/aromatic N) is 1. The number of alkyl carbamates (subject to hydrolysis) is 1. The molecule has 2 amide bonds. The Kier molecular flexibility index (Phi) is 7.05. The number of halogens is 2. The monoisotopic (exact) mass is 486 g/mol. The highest BCUT2D eigenvalue weighted by molar-refractivity contribution is 5.86. The van der Waals surface area contributed by atoms with Crippen LogP contribution in [0.3, 0.4) is 0 Å². The maximum atomic E-state index is 14.0. The van der Waals surface area contributed by atoms with E-state index in [-0.39, 0.29) is 31.8 Å². The quantitative estimate of drug-likeness (QED) is 0.605. The zero-order valence-electron chi connectivity index (χ0n) is 19.4. The second-order valence-electron chi connectivity index (χ2n) is 9.16. The summed E-state index contributed by atoms with van der Waals surface area (Å²) in [4.78, 5) is 37.9. The van der Waals surface area contributed by atoms with Crippen LogP contribution in [0.5, 0.6) is 0 Å². The molecule has 186 valence electrons. The third-order valence-corrected chi connectivity index (χ3v) is 6.73. The number of carbonyl (C=O) groups excluding carboxylic acids is 2. The van der Waals surface area contributed by atoms with Crippen molar-refractivity contribution >= 4 is 18.0 Å². The van der Waals surface area contributed by atoms with Gasteiger partial charge >= 0.3 is 12.1 Å². The van der Waals surface area contributed by atoms with Crippen LogP contribution in [0.1, 0.15) is 49.7 Å². The van der Waals surface area contributed by atoms with Gasteiger partial charge in [-0.2, -0.15) is 0 Å². The lowest BCUT2D eigenvalue weighted by Crippen LogP contribution is -2.56. The van der Waals surface area contributed by atoms with E-state index < -0.39 is 48.9 Å². The second-order valence-corrected chi connectivity index (χ2v) is 9.16. The zero-order chi connectivity index (χ0) is 25.2. The highest BCUT2D eigenvalue weighted by Crippen LogP contribution is 2.44. The molecule has 9 heteroatoms. The van der Waals surface area contributed by atoms with Crippen LogP contribution >= 0.6 is 0 Å². The number of rotatable bonds is 7. The average molecular weight is 487 g/mol. The first-order chi connectivity index (χ1) is 16.7. The molecule has 2 N–H and O–H groups in total. The third kappa shape index (κ3) is 5.44. The van der Waals surface area contributed by atoms with Gasteiger partial charge in [0.2, 0.25) is 5.91 Å². The molecule has 0 saturated carbocycles. The average Bonchev–Trinajstić information content (AvgIpc) is 3.15. The Morgan fingerprint density at radius 2 is 1.71 bits per heavy atom. The summed E-state index contributed by atoms with van der Waals surface area (Å²) in [6.07, 6.45) is -1.73. The number of amides is 2. The maximum Gasteiger partial charge on any atom is 0.407 e. The molecule has 1 fully saturated rings. The summed E-state index contributed by atoms with van der Waals surface area (Å²) in [5.74, 6) is -5.11. The fraction of sp³-hybridized carbons (Fsp3) is 0.423. The lowest BCUT2D eigenvalue weighted by Gasteiger charge is -2.39. The van der Waals surface area contributed by atoms with Gasteiger partial charge in [-0.05, 0) is 42.0 Å². The molecule has 1 heterocycles. The summed E-state index contributed by atoms with van der Waals surface area (Å²) in [6.45, 7) is 0.912. The van der Waals surface area contributed by atoms with Gasteiger partial charge in [-0.25, -0.2) is 13.6 Å². The number of piperidine rings is 1. The number of likely N-dealkylation sites (tertiary alicyclic amines) is 1. The van der Waals surface area contributed by atoms with E-state index in [9.17, 15) is 23.2 Å². The third-order valence-electron chi connectivity index (χ3n) is 6.73. The minimum Gasteiger partial charge on any atom is -0.481 e.